The van der Waals surface area contributed by atoms with E-state index < -0.39 is 61.4 Å². The Morgan fingerprint density at radius 2 is 1.93 bits per heavy atom. The Kier molecular flexibility index (Phi) is 7.78. The highest BCUT2D eigenvalue weighted by molar-refractivity contribution is 5.93. The minimum atomic E-state index is -1.55. The van der Waals surface area contributed by atoms with Gasteiger partial charge in [-0.2, -0.15) is 0 Å². The van der Waals surface area contributed by atoms with Crippen LogP contribution in [-0.4, -0.2) is 80.4 Å². The average molecular weight is 398 g/mol. The van der Waals surface area contributed by atoms with Gasteiger partial charge >= 0.3 is 5.97 Å². The average Bonchev–Trinajstić information content (AvgIpc) is 2.69. The second kappa shape index (κ2) is 10.1. The van der Waals surface area contributed by atoms with Crippen LogP contribution in [0.3, 0.4) is 0 Å². The molecule has 1 aliphatic rings. The van der Waals surface area contributed by atoms with Gasteiger partial charge in [0.25, 0.3) is 5.91 Å². The summed E-state index contributed by atoms with van der Waals surface area (Å²) in [7, 11) is 0. The number of nitrogens with one attached hydrogen (secondary N) is 3. The number of rotatable bonds is 8. The standard InChI is InChI=1S/C16H22N4O8/c21-7-9-13(25)14(26)12(18-10(22)3-4-11(23)24)16(28-9)20-19-15(27)8-2-1-5-17-6-8/h1-2,5-6,9,12-14,16,20-21,25-26H,3-4,7H2,(H,18,22)(H,19,27)(H,23,24)/t9-,12+,13+,14-,16+/m0/s1. The highest BCUT2D eigenvalue weighted by Crippen LogP contribution is 2.20. The van der Waals surface area contributed by atoms with Crippen LogP contribution in [0.1, 0.15) is 23.2 Å². The second-order valence-corrected chi connectivity index (χ2v) is 6.09. The first kappa shape index (κ1) is 21.7. The number of carbonyl (C=O) groups excluding carboxylic acids is 2. The molecule has 7 N–H and O–H groups in total. The van der Waals surface area contributed by atoms with Crippen molar-refractivity contribution in [3.05, 3.63) is 30.1 Å². The zero-order valence-electron chi connectivity index (χ0n) is 14.7. The van der Waals surface area contributed by atoms with Gasteiger partial charge in [-0.05, 0) is 12.1 Å². The fraction of sp³-hybridized carbons (Fsp3) is 0.500. The Bertz CT molecular complexity index is 688. The number of hydrazine groups is 1. The third kappa shape index (κ3) is 5.68. The SMILES string of the molecule is O=C(O)CCC(=O)N[C@@H]1[C@H](O)[C@H](O)[C@H](CO)O[C@H]1NNC(=O)c1cccnc1. The molecule has 0 saturated carbocycles. The summed E-state index contributed by atoms with van der Waals surface area (Å²) in [5.41, 5.74) is 5.05. The third-order valence-electron chi connectivity index (χ3n) is 4.07. The summed E-state index contributed by atoms with van der Waals surface area (Å²) in [6.45, 7) is -0.618. The Labute approximate surface area is 159 Å². The summed E-state index contributed by atoms with van der Waals surface area (Å²) in [6.07, 6.45) is -3.42. The lowest BCUT2D eigenvalue weighted by Crippen LogP contribution is -2.69. The maximum atomic E-state index is 12.1. The molecule has 2 heterocycles. The molecule has 1 aromatic rings. The number of aliphatic carboxylic acids is 1. The Morgan fingerprint density at radius 3 is 2.54 bits per heavy atom. The number of pyridine rings is 1. The number of carboxylic acids is 1. The molecule has 2 amide bonds. The van der Waals surface area contributed by atoms with Crippen LogP contribution in [0.2, 0.25) is 0 Å². The van der Waals surface area contributed by atoms with Crippen molar-refractivity contribution in [2.45, 2.75) is 43.4 Å². The maximum Gasteiger partial charge on any atom is 0.303 e. The molecule has 5 atom stereocenters. The van der Waals surface area contributed by atoms with Crippen molar-refractivity contribution in [2.75, 3.05) is 6.61 Å². The second-order valence-electron chi connectivity index (χ2n) is 6.09. The lowest BCUT2D eigenvalue weighted by Gasteiger charge is -2.42. The number of aliphatic hydroxyl groups excluding tert-OH is 3. The van der Waals surface area contributed by atoms with E-state index >= 15 is 0 Å². The fourth-order valence-electron chi connectivity index (χ4n) is 2.59. The van der Waals surface area contributed by atoms with Crippen LogP contribution in [0.25, 0.3) is 0 Å². The zero-order chi connectivity index (χ0) is 20.7. The van der Waals surface area contributed by atoms with Crippen LogP contribution in [0.4, 0.5) is 0 Å². The van der Waals surface area contributed by atoms with Crippen molar-refractivity contribution in [1.29, 1.82) is 0 Å². The quantitative estimate of drug-likeness (QED) is 0.224. The van der Waals surface area contributed by atoms with Gasteiger partial charge in [0.1, 0.15) is 24.5 Å². The molecule has 0 aromatic carbocycles. The summed E-state index contributed by atoms with van der Waals surface area (Å²) in [6, 6.07) is 1.83. The van der Waals surface area contributed by atoms with E-state index in [9.17, 15) is 29.7 Å². The molecule has 1 aromatic heterocycles. The number of amides is 2. The first-order chi connectivity index (χ1) is 13.3. The minimum absolute atomic E-state index is 0.229. The van der Waals surface area contributed by atoms with E-state index in [1.807, 2.05) is 0 Å². The summed E-state index contributed by atoms with van der Waals surface area (Å²) >= 11 is 0. The van der Waals surface area contributed by atoms with Crippen LogP contribution in [0, 0.1) is 0 Å². The maximum absolute atomic E-state index is 12.1. The van der Waals surface area contributed by atoms with Gasteiger partial charge in [-0.15, -0.1) is 0 Å². The predicted octanol–water partition coefficient (Wildman–Crippen LogP) is -2.90. The lowest BCUT2D eigenvalue weighted by molar-refractivity contribution is -0.204. The number of hydrogen-bond acceptors (Lipinski definition) is 9. The number of aliphatic hydroxyl groups is 3. The number of ether oxygens (including phenoxy) is 1. The number of carbonyl (C=O) groups is 3. The van der Waals surface area contributed by atoms with Crippen molar-refractivity contribution in [3.8, 4) is 0 Å². The highest BCUT2D eigenvalue weighted by atomic mass is 16.5. The van der Waals surface area contributed by atoms with E-state index in [-0.39, 0.29) is 12.0 Å². The molecule has 0 spiro atoms. The molecular formula is C16H22N4O8. The summed E-state index contributed by atoms with van der Waals surface area (Å²) in [5, 5.41) is 40.6. The molecule has 0 unspecified atom stereocenters. The Balaban J connectivity index is 2.05. The van der Waals surface area contributed by atoms with Gasteiger partial charge in [-0.25, -0.2) is 5.43 Å². The van der Waals surface area contributed by atoms with Crippen LogP contribution in [0.5, 0.6) is 0 Å². The molecule has 12 heteroatoms. The topological polar surface area (TPSA) is 190 Å². The molecule has 0 aliphatic carbocycles. The molecule has 12 nitrogen and oxygen atoms in total. The van der Waals surface area contributed by atoms with E-state index in [1.165, 1.54) is 18.5 Å². The summed E-state index contributed by atoms with van der Waals surface area (Å²) in [4.78, 5) is 38.4. The highest BCUT2D eigenvalue weighted by Gasteiger charge is 2.45. The van der Waals surface area contributed by atoms with E-state index in [0.717, 1.165) is 0 Å². The van der Waals surface area contributed by atoms with Crippen molar-refractivity contribution >= 4 is 17.8 Å². The normalized spacial score (nSPS) is 27.0. The fourth-order valence-corrected chi connectivity index (χ4v) is 2.59. The van der Waals surface area contributed by atoms with Gasteiger partial charge in [0.15, 0.2) is 0 Å². The molecule has 28 heavy (non-hydrogen) atoms. The molecule has 1 saturated heterocycles. The summed E-state index contributed by atoms with van der Waals surface area (Å²) in [5.74, 6) is -2.45. The number of hydrogen-bond donors (Lipinski definition) is 7. The lowest BCUT2D eigenvalue weighted by atomic mass is 9.96. The first-order valence-corrected chi connectivity index (χ1v) is 8.43. The van der Waals surface area contributed by atoms with Crippen molar-refractivity contribution in [3.63, 3.8) is 0 Å². The van der Waals surface area contributed by atoms with Crippen molar-refractivity contribution in [1.82, 2.24) is 21.2 Å². The van der Waals surface area contributed by atoms with Crippen LogP contribution >= 0.6 is 0 Å². The van der Waals surface area contributed by atoms with E-state index in [2.05, 4.69) is 21.2 Å². The largest absolute Gasteiger partial charge is 0.481 e. The third-order valence-corrected chi connectivity index (χ3v) is 4.07. The van der Waals surface area contributed by atoms with Gasteiger partial charge in [0.2, 0.25) is 5.91 Å². The predicted molar refractivity (Wildman–Crippen MR) is 91.4 cm³/mol. The van der Waals surface area contributed by atoms with E-state index in [0.29, 0.717) is 0 Å². The Morgan fingerprint density at radius 1 is 1.18 bits per heavy atom. The van der Waals surface area contributed by atoms with Gasteiger partial charge in [-0.3, -0.25) is 24.8 Å². The smallest absolute Gasteiger partial charge is 0.303 e. The molecule has 1 aliphatic heterocycles. The van der Waals surface area contributed by atoms with E-state index in [1.54, 1.807) is 6.07 Å². The van der Waals surface area contributed by atoms with E-state index in [4.69, 9.17) is 9.84 Å². The molecule has 0 radical (unpaired) electrons. The molecule has 0 bridgehead atoms. The minimum Gasteiger partial charge on any atom is -0.481 e. The van der Waals surface area contributed by atoms with Gasteiger partial charge in [0.05, 0.1) is 24.6 Å². The summed E-state index contributed by atoms with van der Waals surface area (Å²) < 4.78 is 5.41. The van der Waals surface area contributed by atoms with Crippen LogP contribution < -0.4 is 16.2 Å². The zero-order valence-corrected chi connectivity index (χ0v) is 14.7. The molecule has 1 fully saturated rings. The monoisotopic (exact) mass is 398 g/mol. The van der Waals surface area contributed by atoms with Crippen LogP contribution in [-0.2, 0) is 14.3 Å². The van der Waals surface area contributed by atoms with Gasteiger partial charge in [-0.1, -0.05) is 0 Å². The van der Waals surface area contributed by atoms with Gasteiger partial charge < -0.3 is 30.5 Å². The molecular weight excluding hydrogens is 376 g/mol. The molecule has 2 rings (SSSR count). The molecule has 154 valence electrons. The number of aromatic nitrogens is 1. The number of nitrogens with zero attached hydrogens (tertiary/aromatic N) is 1. The van der Waals surface area contributed by atoms with Crippen LogP contribution in [0.15, 0.2) is 24.5 Å². The van der Waals surface area contributed by atoms with Gasteiger partial charge in [0, 0.05) is 18.8 Å². The first-order valence-electron chi connectivity index (χ1n) is 8.43. The van der Waals surface area contributed by atoms with Crippen molar-refractivity contribution in [2.24, 2.45) is 0 Å². The Hall–Kier alpha value is -2.64. The number of carboxylic acid groups (broad SMARTS) is 1. The van der Waals surface area contributed by atoms with Crippen molar-refractivity contribution < 1.29 is 39.5 Å².